The van der Waals surface area contributed by atoms with Gasteiger partial charge in [-0.05, 0) is 39.4 Å². The molecule has 0 aliphatic carbocycles. The Morgan fingerprint density at radius 2 is 2.18 bits per heavy atom. The van der Waals surface area contributed by atoms with E-state index in [1.165, 1.54) is 18.4 Å². The summed E-state index contributed by atoms with van der Waals surface area (Å²) in [5.74, 6) is 1.06. The van der Waals surface area contributed by atoms with Crippen molar-refractivity contribution in [3.8, 4) is 0 Å². The molecule has 0 amide bonds. The third kappa shape index (κ3) is 4.92. The zero-order chi connectivity index (χ0) is 12.7. The number of hydrogen-bond donors (Lipinski definition) is 1. The van der Waals surface area contributed by atoms with E-state index >= 15 is 0 Å². The van der Waals surface area contributed by atoms with Crippen LogP contribution in [0.4, 0.5) is 0 Å². The zero-order valence-corrected chi connectivity index (χ0v) is 11.6. The normalized spacial score (nSPS) is 13.2. The summed E-state index contributed by atoms with van der Waals surface area (Å²) in [6, 6.07) is 2.75. The molecule has 1 aromatic heterocycles. The molecule has 0 radical (unpaired) electrons. The molecule has 1 heterocycles. The molecule has 1 N–H and O–H groups in total. The Labute approximate surface area is 105 Å². The molecule has 98 valence electrons. The van der Waals surface area contributed by atoms with E-state index in [1.807, 2.05) is 6.26 Å². The van der Waals surface area contributed by atoms with Crippen molar-refractivity contribution in [3.05, 3.63) is 23.7 Å². The van der Waals surface area contributed by atoms with Gasteiger partial charge in [0, 0.05) is 18.2 Å². The van der Waals surface area contributed by atoms with Crippen LogP contribution < -0.4 is 5.32 Å². The molecular weight excluding hydrogens is 212 g/mol. The molecule has 0 spiro atoms. The summed E-state index contributed by atoms with van der Waals surface area (Å²) in [7, 11) is 2.14. The SMILES string of the molecule is CCCNCc1coc(CN(C)C(C)CC)c1. The second-order valence-corrected chi connectivity index (χ2v) is 4.77. The quantitative estimate of drug-likeness (QED) is 0.706. The topological polar surface area (TPSA) is 28.4 Å². The number of hydrogen-bond acceptors (Lipinski definition) is 3. The first-order valence-corrected chi connectivity index (χ1v) is 6.64. The van der Waals surface area contributed by atoms with Gasteiger partial charge in [0.1, 0.15) is 5.76 Å². The largest absolute Gasteiger partial charge is 0.468 e. The lowest BCUT2D eigenvalue weighted by molar-refractivity contribution is 0.225. The first-order chi connectivity index (χ1) is 8.17. The minimum absolute atomic E-state index is 0.599. The molecule has 0 bridgehead atoms. The number of nitrogens with zero attached hydrogens (tertiary/aromatic N) is 1. The summed E-state index contributed by atoms with van der Waals surface area (Å²) in [4.78, 5) is 2.32. The average Bonchev–Trinajstić information content (AvgIpc) is 2.76. The van der Waals surface area contributed by atoms with E-state index in [0.29, 0.717) is 6.04 Å². The van der Waals surface area contributed by atoms with Crippen LogP contribution in [0, 0.1) is 0 Å². The second-order valence-electron chi connectivity index (χ2n) is 4.77. The van der Waals surface area contributed by atoms with Gasteiger partial charge < -0.3 is 9.73 Å². The zero-order valence-electron chi connectivity index (χ0n) is 11.6. The smallest absolute Gasteiger partial charge is 0.118 e. The first kappa shape index (κ1) is 14.3. The Morgan fingerprint density at radius 1 is 1.41 bits per heavy atom. The lowest BCUT2D eigenvalue weighted by Gasteiger charge is -2.21. The van der Waals surface area contributed by atoms with Crippen LogP contribution >= 0.6 is 0 Å². The van der Waals surface area contributed by atoms with Crippen LogP contribution in [0.3, 0.4) is 0 Å². The molecule has 0 aromatic carbocycles. The maximum absolute atomic E-state index is 5.58. The molecule has 1 atom stereocenters. The number of rotatable bonds is 8. The van der Waals surface area contributed by atoms with Crippen LogP contribution in [0.5, 0.6) is 0 Å². The summed E-state index contributed by atoms with van der Waals surface area (Å²) in [5, 5.41) is 3.38. The Bertz CT molecular complexity index is 309. The molecule has 1 unspecified atom stereocenters. The summed E-state index contributed by atoms with van der Waals surface area (Å²) < 4.78 is 5.58. The first-order valence-electron chi connectivity index (χ1n) is 6.64. The van der Waals surface area contributed by atoms with Crippen molar-refractivity contribution in [1.29, 1.82) is 0 Å². The molecule has 0 aliphatic heterocycles. The summed E-state index contributed by atoms with van der Waals surface area (Å²) in [6.07, 6.45) is 4.20. The molecule has 17 heavy (non-hydrogen) atoms. The molecule has 0 aliphatic rings. The molecule has 0 fully saturated rings. The predicted octanol–water partition coefficient (Wildman–Crippen LogP) is 3.01. The van der Waals surface area contributed by atoms with Gasteiger partial charge in [0.25, 0.3) is 0 Å². The van der Waals surface area contributed by atoms with E-state index in [9.17, 15) is 0 Å². The van der Waals surface area contributed by atoms with Crippen LogP contribution in [-0.4, -0.2) is 24.5 Å². The van der Waals surface area contributed by atoms with Crippen molar-refractivity contribution < 1.29 is 4.42 Å². The van der Waals surface area contributed by atoms with Crippen LogP contribution in [0.25, 0.3) is 0 Å². The third-order valence-electron chi connectivity index (χ3n) is 3.21. The lowest BCUT2D eigenvalue weighted by atomic mass is 10.2. The van der Waals surface area contributed by atoms with Gasteiger partial charge in [-0.2, -0.15) is 0 Å². The highest BCUT2D eigenvalue weighted by molar-refractivity contribution is 5.12. The maximum Gasteiger partial charge on any atom is 0.118 e. The standard InChI is InChI=1S/C14H26N2O/c1-5-7-15-9-13-8-14(17-11-13)10-16(4)12(3)6-2/h8,11-12,15H,5-7,9-10H2,1-4H3. The summed E-state index contributed by atoms with van der Waals surface area (Å²) in [5.41, 5.74) is 1.24. The van der Waals surface area contributed by atoms with Gasteiger partial charge in [0.15, 0.2) is 0 Å². The second kappa shape index (κ2) is 7.51. The van der Waals surface area contributed by atoms with Crippen LogP contribution in [-0.2, 0) is 13.1 Å². The Balaban J connectivity index is 2.39. The van der Waals surface area contributed by atoms with Crippen molar-refractivity contribution in [1.82, 2.24) is 10.2 Å². The molecule has 3 heteroatoms. The predicted molar refractivity (Wildman–Crippen MR) is 71.9 cm³/mol. The summed E-state index contributed by atoms with van der Waals surface area (Å²) >= 11 is 0. The van der Waals surface area contributed by atoms with E-state index < -0.39 is 0 Å². The van der Waals surface area contributed by atoms with E-state index in [0.717, 1.165) is 25.4 Å². The fourth-order valence-corrected chi connectivity index (χ4v) is 1.72. The van der Waals surface area contributed by atoms with Gasteiger partial charge in [0.2, 0.25) is 0 Å². The monoisotopic (exact) mass is 238 g/mol. The highest BCUT2D eigenvalue weighted by Gasteiger charge is 2.09. The number of nitrogens with one attached hydrogen (secondary N) is 1. The van der Waals surface area contributed by atoms with Gasteiger partial charge in [-0.1, -0.05) is 13.8 Å². The molecular formula is C14H26N2O. The fourth-order valence-electron chi connectivity index (χ4n) is 1.72. The van der Waals surface area contributed by atoms with E-state index in [1.54, 1.807) is 0 Å². The lowest BCUT2D eigenvalue weighted by Crippen LogP contribution is -2.27. The van der Waals surface area contributed by atoms with Crippen molar-refractivity contribution in [2.24, 2.45) is 0 Å². The van der Waals surface area contributed by atoms with E-state index in [2.05, 4.69) is 44.1 Å². The van der Waals surface area contributed by atoms with E-state index in [-0.39, 0.29) is 0 Å². The van der Waals surface area contributed by atoms with Crippen molar-refractivity contribution in [2.45, 2.75) is 52.7 Å². The van der Waals surface area contributed by atoms with E-state index in [4.69, 9.17) is 4.42 Å². The summed E-state index contributed by atoms with van der Waals surface area (Å²) in [6.45, 7) is 9.49. The van der Waals surface area contributed by atoms with Crippen molar-refractivity contribution >= 4 is 0 Å². The molecule has 1 rings (SSSR count). The highest BCUT2D eigenvalue weighted by atomic mass is 16.3. The molecule has 0 saturated heterocycles. The van der Waals surface area contributed by atoms with Gasteiger partial charge in [-0.3, -0.25) is 4.90 Å². The average molecular weight is 238 g/mol. The van der Waals surface area contributed by atoms with Gasteiger partial charge >= 0.3 is 0 Å². The maximum atomic E-state index is 5.58. The Kier molecular flexibility index (Phi) is 6.30. The van der Waals surface area contributed by atoms with Crippen molar-refractivity contribution in [2.75, 3.05) is 13.6 Å². The minimum atomic E-state index is 0.599. The minimum Gasteiger partial charge on any atom is -0.468 e. The third-order valence-corrected chi connectivity index (χ3v) is 3.21. The highest BCUT2D eigenvalue weighted by Crippen LogP contribution is 2.12. The Morgan fingerprint density at radius 3 is 2.82 bits per heavy atom. The molecule has 0 saturated carbocycles. The van der Waals surface area contributed by atoms with Gasteiger partial charge in [0.05, 0.1) is 12.8 Å². The van der Waals surface area contributed by atoms with Crippen LogP contribution in [0.1, 0.15) is 44.9 Å². The van der Waals surface area contributed by atoms with Crippen LogP contribution in [0.2, 0.25) is 0 Å². The Hall–Kier alpha value is -0.800. The van der Waals surface area contributed by atoms with Gasteiger partial charge in [-0.25, -0.2) is 0 Å². The molecule has 1 aromatic rings. The van der Waals surface area contributed by atoms with Gasteiger partial charge in [-0.15, -0.1) is 0 Å². The fraction of sp³-hybridized carbons (Fsp3) is 0.714. The van der Waals surface area contributed by atoms with Crippen LogP contribution in [0.15, 0.2) is 16.7 Å². The number of furan rings is 1. The molecule has 3 nitrogen and oxygen atoms in total. The van der Waals surface area contributed by atoms with Crippen molar-refractivity contribution in [3.63, 3.8) is 0 Å².